The van der Waals surface area contributed by atoms with Gasteiger partial charge < -0.3 is 14.8 Å². The largest absolute Gasteiger partial charge is 0.454 e. The van der Waals surface area contributed by atoms with E-state index in [4.69, 9.17) is 9.47 Å². The SMILES string of the molecule is O=C1C(Nc2ccc(F)cc2)=C(c2cccs2)C(=O)N1Cc1ccc2c(c1)OCO2. The fourth-order valence-electron chi connectivity index (χ4n) is 3.38. The standard InChI is InChI=1S/C22H15FN2O4S/c23-14-4-6-15(7-5-14)24-20-19(18-2-1-9-30-18)21(26)25(22(20)27)11-13-3-8-16-17(10-13)29-12-28-16/h1-10,24H,11-12H2. The number of ether oxygens (including phenoxy) is 2. The Morgan fingerprint density at radius 3 is 2.57 bits per heavy atom. The average molecular weight is 422 g/mol. The molecule has 0 aliphatic carbocycles. The van der Waals surface area contributed by atoms with Crippen molar-refractivity contribution in [2.24, 2.45) is 0 Å². The number of carbonyl (C=O) groups excluding carboxylic acids is 2. The van der Waals surface area contributed by atoms with E-state index in [2.05, 4.69) is 5.32 Å². The minimum Gasteiger partial charge on any atom is -0.454 e. The summed E-state index contributed by atoms with van der Waals surface area (Å²) in [5, 5.41) is 4.85. The Morgan fingerprint density at radius 2 is 1.80 bits per heavy atom. The van der Waals surface area contributed by atoms with Gasteiger partial charge in [0.1, 0.15) is 11.5 Å². The number of carbonyl (C=O) groups is 2. The Kier molecular flexibility index (Phi) is 4.48. The van der Waals surface area contributed by atoms with E-state index in [1.165, 1.54) is 40.5 Å². The van der Waals surface area contributed by atoms with Gasteiger partial charge in [-0.3, -0.25) is 14.5 Å². The summed E-state index contributed by atoms with van der Waals surface area (Å²) in [4.78, 5) is 28.3. The first-order valence-corrected chi connectivity index (χ1v) is 10.0. The number of hydrogen-bond acceptors (Lipinski definition) is 6. The molecule has 2 amide bonds. The van der Waals surface area contributed by atoms with Gasteiger partial charge in [-0.15, -0.1) is 11.3 Å². The maximum absolute atomic E-state index is 13.3. The van der Waals surface area contributed by atoms with Crippen LogP contribution in [0.3, 0.4) is 0 Å². The summed E-state index contributed by atoms with van der Waals surface area (Å²) in [6.45, 7) is 0.244. The van der Waals surface area contributed by atoms with E-state index in [-0.39, 0.29) is 30.8 Å². The number of anilines is 1. The fraction of sp³-hybridized carbons (Fsp3) is 0.0909. The number of imide groups is 1. The zero-order valence-electron chi connectivity index (χ0n) is 15.6. The Labute approximate surface area is 175 Å². The molecule has 0 radical (unpaired) electrons. The summed E-state index contributed by atoms with van der Waals surface area (Å²) in [5.74, 6) is 0.0120. The van der Waals surface area contributed by atoms with Crippen molar-refractivity contribution in [2.75, 3.05) is 12.1 Å². The number of nitrogens with one attached hydrogen (secondary N) is 1. The van der Waals surface area contributed by atoms with Crippen LogP contribution in [0.15, 0.2) is 65.7 Å². The van der Waals surface area contributed by atoms with Crippen LogP contribution in [0.25, 0.3) is 5.57 Å². The second-order valence-corrected chi connectivity index (χ2v) is 7.69. The van der Waals surface area contributed by atoms with E-state index in [9.17, 15) is 14.0 Å². The Morgan fingerprint density at radius 1 is 1.00 bits per heavy atom. The molecule has 1 N–H and O–H groups in total. The Balaban J connectivity index is 1.48. The van der Waals surface area contributed by atoms with Gasteiger partial charge in [0.25, 0.3) is 11.8 Å². The predicted molar refractivity (Wildman–Crippen MR) is 109 cm³/mol. The van der Waals surface area contributed by atoms with Crippen molar-refractivity contribution >= 4 is 34.4 Å². The minimum atomic E-state index is -0.439. The third-order valence-corrected chi connectivity index (χ3v) is 5.71. The van der Waals surface area contributed by atoms with Gasteiger partial charge >= 0.3 is 0 Å². The normalized spacial score (nSPS) is 15.3. The highest BCUT2D eigenvalue weighted by atomic mass is 32.1. The van der Waals surface area contributed by atoms with E-state index in [1.54, 1.807) is 24.3 Å². The van der Waals surface area contributed by atoms with Gasteiger partial charge in [-0.25, -0.2) is 4.39 Å². The van der Waals surface area contributed by atoms with Crippen LogP contribution in [-0.4, -0.2) is 23.5 Å². The predicted octanol–water partition coefficient (Wildman–Crippen LogP) is 4.01. The zero-order chi connectivity index (χ0) is 20.7. The van der Waals surface area contributed by atoms with Gasteiger partial charge in [-0.05, 0) is 53.4 Å². The van der Waals surface area contributed by atoms with Crippen LogP contribution >= 0.6 is 11.3 Å². The topological polar surface area (TPSA) is 67.9 Å². The monoisotopic (exact) mass is 422 g/mol. The van der Waals surface area contributed by atoms with Crippen molar-refractivity contribution in [1.29, 1.82) is 0 Å². The van der Waals surface area contributed by atoms with Gasteiger partial charge in [0.2, 0.25) is 6.79 Å². The van der Waals surface area contributed by atoms with Gasteiger partial charge in [0, 0.05) is 10.6 Å². The number of amides is 2. The van der Waals surface area contributed by atoms with Crippen molar-refractivity contribution in [2.45, 2.75) is 6.54 Å². The molecule has 5 rings (SSSR count). The lowest BCUT2D eigenvalue weighted by Crippen LogP contribution is -2.31. The van der Waals surface area contributed by atoms with Gasteiger partial charge in [-0.2, -0.15) is 0 Å². The number of fused-ring (bicyclic) bond motifs is 1. The third-order valence-electron chi connectivity index (χ3n) is 4.83. The van der Waals surface area contributed by atoms with Crippen LogP contribution in [0.4, 0.5) is 10.1 Å². The van der Waals surface area contributed by atoms with E-state index >= 15 is 0 Å². The second-order valence-electron chi connectivity index (χ2n) is 6.74. The van der Waals surface area contributed by atoms with Crippen LogP contribution in [-0.2, 0) is 16.1 Å². The van der Waals surface area contributed by atoms with Gasteiger partial charge in [0.15, 0.2) is 11.5 Å². The molecule has 0 unspecified atom stereocenters. The van der Waals surface area contributed by atoms with E-state index < -0.39 is 5.91 Å². The maximum Gasteiger partial charge on any atom is 0.278 e. The number of benzene rings is 2. The lowest BCUT2D eigenvalue weighted by molar-refractivity contribution is -0.137. The average Bonchev–Trinajstić information content (AvgIpc) is 3.47. The molecule has 2 aliphatic heterocycles. The van der Waals surface area contributed by atoms with Crippen molar-refractivity contribution < 1.29 is 23.5 Å². The van der Waals surface area contributed by atoms with Crippen LogP contribution in [0, 0.1) is 5.82 Å². The molecule has 3 aromatic rings. The van der Waals surface area contributed by atoms with Crippen molar-refractivity contribution in [1.82, 2.24) is 4.90 Å². The summed E-state index contributed by atoms with van der Waals surface area (Å²) in [6.07, 6.45) is 0. The summed E-state index contributed by atoms with van der Waals surface area (Å²) in [7, 11) is 0. The molecule has 150 valence electrons. The number of halogens is 1. The van der Waals surface area contributed by atoms with Gasteiger partial charge in [0.05, 0.1) is 12.1 Å². The highest BCUT2D eigenvalue weighted by Gasteiger charge is 2.39. The molecule has 0 spiro atoms. The van der Waals surface area contributed by atoms with Crippen molar-refractivity contribution in [3.8, 4) is 11.5 Å². The molecular weight excluding hydrogens is 407 g/mol. The molecule has 0 saturated heterocycles. The summed E-state index contributed by atoms with van der Waals surface area (Å²) < 4.78 is 23.9. The van der Waals surface area contributed by atoms with Crippen molar-refractivity contribution in [3.63, 3.8) is 0 Å². The number of rotatable bonds is 5. The molecule has 2 aromatic carbocycles. The highest BCUT2D eigenvalue weighted by Crippen LogP contribution is 2.36. The van der Waals surface area contributed by atoms with Crippen LogP contribution in [0.1, 0.15) is 10.4 Å². The second kappa shape index (κ2) is 7.31. The first-order chi connectivity index (χ1) is 14.6. The first-order valence-electron chi connectivity index (χ1n) is 9.15. The third kappa shape index (κ3) is 3.21. The molecule has 3 heterocycles. The molecule has 6 nitrogen and oxygen atoms in total. The number of thiophene rings is 1. The molecule has 0 saturated carbocycles. The smallest absolute Gasteiger partial charge is 0.278 e. The van der Waals surface area contributed by atoms with Gasteiger partial charge in [-0.1, -0.05) is 12.1 Å². The van der Waals surface area contributed by atoms with E-state index in [0.29, 0.717) is 27.6 Å². The number of hydrogen-bond donors (Lipinski definition) is 1. The molecule has 2 aliphatic rings. The minimum absolute atomic E-state index is 0.0950. The zero-order valence-corrected chi connectivity index (χ0v) is 16.4. The molecule has 8 heteroatoms. The quantitative estimate of drug-likeness (QED) is 0.630. The molecular formula is C22H15FN2O4S. The maximum atomic E-state index is 13.3. The lowest BCUT2D eigenvalue weighted by Gasteiger charge is -2.15. The lowest BCUT2D eigenvalue weighted by atomic mass is 10.1. The Bertz CT molecular complexity index is 1170. The summed E-state index contributed by atoms with van der Waals surface area (Å²) in [6, 6.07) is 14.6. The highest BCUT2D eigenvalue weighted by molar-refractivity contribution is 7.11. The fourth-order valence-corrected chi connectivity index (χ4v) is 4.15. The molecule has 30 heavy (non-hydrogen) atoms. The molecule has 0 fully saturated rings. The summed E-state index contributed by atoms with van der Waals surface area (Å²) in [5.41, 5.74) is 1.75. The molecule has 1 aromatic heterocycles. The van der Waals surface area contributed by atoms with Crippen LogP contribution in [0.5, 0.6) is 11.5 Å². The van der Waals surface area contributed by atoms with E-state index in [1.807, 2.05) is 11.4 Å². The van der Waals surface area contributed by atoms with E-state index in [0.717, 1.165) is 5.56 Å². The first kappa shape index (κ1) is 18.4. The van der Waals surface area contributed by atoms with Crippen LogP contribution < -0.4 is 14.8 Å². The number of nitrogens with zero attached hydrogens (tertiary/aromatic N) is 1. The molecule has 0 atom stereocenters. The summed E-state index contributed by atoms with van der Waals surface area (Å²) >= 11 is 1.37. The molecule has 0 bridgehead atoms. The van der Waals surface area contributed by atoms with Crippen molar-refractivity contribution in [3.05, 3.63) is 81.9 Å². The van der Waals surface area contributed by atoms with Crippen LogP contribution in [0.2, 0.25) is 0 Å². The Hall–Kier alpha value is -3.65.